The maximum absolute atomic E-state index is 13.0. The molecule has 0 saturated heterocycles. The van der Waals surface area contributed by atoms with Crippen molar-refractivity contribution in [1.29, 1.82) is 0 Å². The molecule has 152 valence electrons. The molecule has 0 bridgehead atoms. The molecule has 0 aliphatic heterocycles. The number of alkyl halides is 3. The largest absolute Gasteiger partial charge is 0.416 e. The monoisotopic (exact) mass is 406 g/mol. The first-order valence-electron chi connectivity index (χ1n) is 8.51. The summed E-state index contributed by atoms with van der Waals surface area (Å²) in [5.74, 6) is -0.638. The van der Waals surface area contributed by atoms with Crippen molar-refractivity contribution >= 4 is 29.0 Å². The summed E-state index contributed by atoms with van der Waals surface area (Å²) in [6.45, 7) is 4.81. The third-order valence-electron chi connectivity index (χ3n) is 3.91. The molecule has 0 unspecified atom stereocenters. The molecular weight excluding hydrogens is 389 g/mol. The van der Waals surface area contributed by atoms with Gasteiger partial charge in [-0.25, -0.2) is 9.50 Å². The molecule has 0 radical (unpaired) electrons. The molecule has 0 fully saturated rings. The van der Waals surface area contributed by atoms with Gasteiger partial charge in [0.15, 0.2) is 5.82 Å². The molecule has 0 aliphatic rings. The highest BCUT2D eigenvalue weighted by Crippen LogP contribution is 2.34. The summed E-state index contributed by atoms with van der Waals surface area (Å²) in [6, 6.07) is 4.46. The number of hydrogen-bond acceptors (Lipinski definition) is 5. The molecule has 3 aromatic rings. The van der Waals surface area contributed by atoms with Gasteiger partial charge < -0.3 is 10.6 Å². The molecule has 2 N–H and O–H groups in total. The highest BCUT2D eigenvalue weighted by molar-refractivity contribution is 5.99. The van der Waals surface area contributed by atoms with Crippen LogP contribution in [0.25, 0.3) is 5.78 Å². The Morgan fingerprint density at radius 3 is 2.45 bits per heavy atom. The van der Waals surface area contributed by atoms with Crippen LogP contribution in [0.4, 0.5) is 24.5 Å². The van der Waals surface area contributed by atoms with E-state index in [1.807, 2.05) is 6.92 Å². The van der Waals surface area contributed by atoms with Gasteiger partial charge in [-0.3, -0.25) is 9.59 Å². The normalized spacial score (nSPS) is 11.5. The lowest BCUT2D eigenvalue weighted by atomic mass is 10.1. The van der Waals surface area contributed by atoms with Crippen LogP contribution < -0.4 is 10.6 Å². The number of amides is 2. The summed E-state index contributed by atoms with van der Waals surface area (Å²) in [4.78, 5) is 32.1. The van der Waals surface area contributed by atoms with Crippen LogP contribution in [-0.4, -0.2) is 31.4 Å². The lowest BCUT2D eigenvalue weighted by molar-refractivity contribution is -0.137. The Labute approximate surface area is 163 Å². The predicted molar refractivity (Wildman–Crippen MR) is 98.3 cm³/mol. The van der Waals surface area contributed by atoms with Gasteiger partial charge in [0.25, 0.3) is 5.78 Å². The van der Waals surface area contributed by atoms with Crippen molar-refractivity contribution in [1.82, 2.24) is 19.6 Å². The molecule has 0 atom stereocenters. The van der Waals surface area contributed by atoms with Crippen molar-refractivity contribution in [2.24, 2.45) is 0 Å². The number of nitrogens with one attached hydrogen (secondary N) is 2. The minimum atomic E-state index is -4.60. The van der Waals surface area contributed by atoms with E-state index in [4.69, 9.17) is 0 Å². The van der Waals surface area contributed by atoms with E-state index in [9.17, 15) is 22.8 Å². The van der Waals surface area contributed by atoms with E-state index in [1.165, 1.54) is 11.4 Å². The zero-order valence-corrected chi connectivity index (χ0v) is 15.8. The van der Waals surface area contributed by atoms with Gasteiger partial charge in [0.2, 0.25) is 11.8 Å². The van der Waals surface area contributed by atoms with Crippen LogP contribution in [0.1, 0.15) is 29.7 Å². The van der Waals surface area contributed by atoms with Gasteiger partial charge in [-0.2, -0.15) is 18.2 Å². The van der Waals surface area contributed by atoms with Gasteiger partial charge in [-0.15, -0.1) is 5.10 Å². The topological polar surface area (TPSA) is 101 Å². The number of hydrogen-bond donors (Lipinski definition) is 2. The molecule has 11 heteroatoms. The van der Waals surface area contributed by atoms with E-state index in [0.717, 1.165) is 29.6 Å². The second-order valence-electron chi connectivity index (χ2n) is 6.44. The minimum absolute atomic E-state index is 0.0509. The number of anilines is 2. The Bertz CT molecular complexity index is 1110. The van der Waals surface area contributed by atoms with E-state index in [0.29, 0.717) is 5.78 Å². The van der Waals surface area contributed by atoms with E-state index in [-0.39, 0.29) is 23.6 Å². The highest BCUT2D eigenvalue weighted by Gasteiger charge is 2.31. The van der Waals surface area contributed by atoms with Crippen LogP contribution in [0.5, 0.6) is 0 Å². The van der Waals surface area contributed by atoms with E-state index in [1.54, 1.807) is 13.0 Å². The number of carbonyl (C=O) groups is 2. The van der Waals surface area contributed by atoms with Crippen molar-refractivity contribution in [2.45, 2.75) is 33.4 Å². The summed E-state index contributed by atoms with van der Waals surface area (Å²) in [6.07, 6.45) is -4.88. The first-order valence-corrected chi connectivity index (χ1v) is 8.51. The van der Waals surface area contributed by atoms with E-state index in [2.05, 4.69) is 25.7 Å². The van der Waals surface area contributed by atoms with Crippen LogP contribution in [0.2, 0.25) is 0 Å². The van der Waals surface area contributed by atoms with Crippen LogP contribution in [0, 0.1) is 13.8 Å². The minimum Gasteiger partial charge on any atom is -0.325 e. The van der Waals surface area contributed by atoms with E-state index < -0.39 is 23.6 Å². The van der Waals surface area contributed by atoms with Crippen molar-refractivity contribution in [2.75, 3.05) is 10.6 Å². The molecular formula is C18H17F3N6O2. The fourth-order valence-corrected chi connectivity index (χ4v) is 2.74. The number of rotatable bonds is 4. The zero-order chi connectivity index (χ0) is 21.3. The van der Waals surface area contributed by atoms with Crippen LogP contribution in [-0.2, 0) is 22.2 Å². The summed E-state index contributed by atoms with van der Waals surface area (Å²) >= 11 is 0. The molecule has 0 saturated carbocycles. The third kappa shape index (κ3) is 4.68. The Hall–Kier alpha value is -3.50. The van der Waals surface area contributed by atoms with Gasteiger partial charge in [0, 0.05) is 18.3 Å². The Morgan fingerprint density at radius 2 is 1.79 bits per heavy atom. The smallest absolute Gasteiger partial charge is 0.325 e. The highest BCUT2D eigenvalue weighted by atomic mass is 19.4. The van der Waals surface area contributed by atoms with Crippen LogP contribution in [0.3, 0.4) is 0 Å². The molecule has 29 heavy (non-hydrogen) atoms. The van der Waals surface area contributed by atoms with Crippen molar-refractivity contribution in [3.8, 4) is 0 Å². The molecule has 0 aliphatic carbocycles. The lowest BCUT2D eigenvalue weighted by Gasteiger charge is -2.14. The predicted octanol–water partition coefficient (Wildman–Crippen LogP) is 2.90. The summed E-state index contributed by atoms with van der Waals surface area (Å²) in [7, 11) is 0. The average Bonchev–Trinajstić information content (AvgIpc) is 2.97. The molecule has 2 aromatic heterocycles. The van der Waals surface area contributed by atoms with Crippen molar-refractivity contribution in [3.63, 3.8) is 0 Å². The molecule has 1 aromatic carbocycles. The number of nitrogens with zero attached hydrogens (tertiary/aromatic N) is 4. The number of fused-ring (bicyclic) bond motifs is 1. The summed E-state index contributed by atoms with van der Waals surface area (Å²) < 4.78 is 40.5. The second kappa shape index (κ2) is 7.49. The summed E-state index contributed by atoms with van der Waals surface area (Å²) in [5.41, 5.74) is 0.437. The lowest BCUT2D eigenvalue weighted by Crippen LogP contribution is -2.18. The average molecular weight is 406 g/mol. The first-order chi connectivity index (χ1) is 13.5. The van der Waals surface area contributed by atoms with Gasteiger partial charge in [-0.05, 0) is 38.1 Å². The number of aryl methyl sites for hydroxylation is 2. The van der Waals surface area contributed by atoms with Gasteiger partial charge in [-0.1, -0.05) is 0 Å². The Balaban J connectivity index is 1.85. The third-order valence-corrected chi connectivity index (χ3v) is 3.91. The number of halogens is 3. The SMILES string of the molecule is CC(=O)Nc1ccc(C(F)(F)F)cc1NC(=O)Cc1nc2nc(C)cc(C)n2n1. The van der Waals surface area contributed by atoms with Gasteiger partial charge in [0.05, 0.1) is 23.4 Å². The van der Waals surface area contributed by atoms with Crippen molar-refractivity contribution < 1.29 is 22.8 Å². The fraction of sp³-hybridized carbons (Fsp3) is 0.278. The molecule has 3 rings (SSSR count). The fourth-order valence-electron chi connectivity index (χ4n) is 2.74. The standard InChI is InChI=1S/C18H17F3N6O2/c1-9-6-10(2)27-17(22-9)25-15(26-27)8-16(29)24-14-7-12(18(19,20)21)4-5-13(14)23-11(3)28/h4-7H,8H2,1-3H3,(H,23,28)(H,24,29). The molecule has 8 nitrogen and oxygen atoms in total. The number of benzene rings is 1. The number of carbonyl (C=O) groups excluding carboxylic acids is 2. The quantitative estimate of drug-likeness (QED) is 0.694. The Kier molecular flexibility index (Phi) is 5.23. The first kappa shape index (κ1) is 20.2. The van der Waals surface area contributed by atoms with Gasteiger partial charge in [0.1, 0.15) is 0 Å². The van der Waals surface area contributed by atoms with E-state index >= 15 is 0 Å². The zero-order valence-electron chi connectivity index (χ0n) is 15.8. The van der Waals surface area contributed by atoms with Gasteiger partial charge >= 0.3 is 6.18 Å². The molecule has 0 spiro atoms. The Morgan fingerprint density at radius 1 is 1.07 bits per heavy atom. The molecule has 2 heterocycles. The second-order valence-corrected chi connectivity index (χ2v) is 6.44. The van der Waals surface area contributed by atoms with Crippen LogP contribution >= 0.6 is 0 Å². The maximum Gasteiger partial charge on any atom is 0.416 e. The maximum atomic E-state index is 13.0. The van der Waals surface area contributed by atoms with Crippen LogP contribution in [0.15, 0.2) is 24.3 Å². The number of aromatic nitrogens is 4. The van der Waals surface area contributed by atoms with Crippen molar-refractivity contribution in [3.05, 3.63) is 47.0 Å². The summed E-state index contributed by atoms with van der Waals surface area (Å²) in [5, 5.41) is 8.97. The molecule has 2 amide bonds.